The van der Waals surface area contributed by atoms with Gasteiger partial charge in [-0.25, -0.2) is 0 Å². The van der Waals surface area contributed by atoms with Gasteiger partial charge in [0.15, 0.2) is 0 Å². The van der Waals surface area contributed by atoms with E-state index in [9.17, 15) is 0 Å². The molecule has 1 rings (SSSR count). The molecule has 1 N–H and O–H groups in total. The maximum atomic E-state index is 5.91. The quantitative estimate of drug-likeness (QED) is 0.732. The fraction of sp³-hybridized carbons (Fsp3) is 0.667. The van der Waals surface area contributed by atoms with Gasteiger partial charge in [-0.15, -0.1) is 0 Å². The largest absolute Gasteiger partial charge is 0.377 e. The first kappa shape index (κ1) is 17.2. The van der Waals surface area contributed by atoms with Crippen LogP contribution in [0.3, 0.4) is 0 Å². The molecule has 0 fully saturated rings. The van der Waals surface area contributed by atoms with E-state index in [2.05, 4.69) is 57.3 Å². The first-order valence-electron chi connectivity index (χ1n) is 8.00. The van der Waals surface area contributed by atoms with E-state index in [1.165, 1.54) is 11.1 Å². The van der Waals surface area contributed by atoms with Crippen LogP contribution < -0.4 is 5.32 Å². The molecule has 2 unspecified atom stereocenters. The Labute approximate surface area is 124 Å². The summed E-state index contributed by atoms with van der Waals surface area (Å²) in [5.74, 6) is 0.598. The number of likely N-dealkylation sites (N-methyl/N-ethyl adjacent to an activating group) is 1. The molecule has 0 aliphatic heterocycles. The molecule has 0 aliphatic carbocycles. The molecule has 1 aromatic carbocycles. The Morgan fingerprint density at radius 3 is 2.20 bits per heavy atom. The van der Waals surface area contributed by atoms with Crippen LogP contribution in [0.25, 0.3) is 0 Å². The molecule has 1 aromatic rings. The molecular weight excluding hydrogens is 246 g/mol. The maximum Gasteiger partial charge on any atom is 0.0730 e. The lowest BCUT2D eigenvalue weighted by Crippen LogP contribution is -2.41. The van der Waals surface area contributed by atoms with E-state index >= 15 is 0 Å². The molecule has 0 spiro atoms. The Hall–Kier alpha value is -0.860. The van der Waals surface area contributed by atoms with Crippen molar-refractivity contribution in [1.82, 2.24) is 5.32 Å². The summed E-state index contributed by atoms with van der Waals surface area (Å²) in [6, 6.07) is 9.41. The predicted octanol–water partition coefficient (Wildman–Crippen LogP) is 4.15. The lowest BCUT2D eigenvalue weighted by molar-refractivity contribution is 0.0301. The summed E-state index contributed by atoms with van der Waals surface area (Å²) in [5.41, 5.74) is 2.79. The van der Waals surface area contributed by atoms with Crippen LogP contribution in [0.2, 0.25) is 0 Å². The molecular formula is C18H31NO. The topological polar surface area (TPSA) is 21.3 Å². The van der Waals surface area contributed by atoms with Crippen molar-refractivity contribution < 1.29 is 4.74 Å². The van der Waals surface area contributed by atoms with E-state index in [-0.39, 0.29) is 0 Å². The fourth-order valence-corrected chi connectivity index (χ4v) is 2.61. The van der Waals surface area contributed by atoms with E-state index in [0.717, 1.165) is 25.9 Å². The van der Waals surface area contributed by atoms with Gasteiger partial charge in [-0.1, -0.05) is 51.5 Å². The highest BCUT2D eigenvalue weighted by molar-refractivity contribution is 5.25. The van der Waals surface area contributed by atoms with Crippen molar-refractivity contribution >= 4 is 0 Å². The van der Waals surface area contributed by atoms with Gasteiger partial charge in [0, 0.05) is 12.6 Å². The van der Waals surface area contributed by atoms with Gasteiger partial charge in [0.2, 0.25) is 0 Å². The third kappa shape index (κ3) is 5.26. The molecule has 0 aliphatic rings. The monoisotopic (exact) mass is 277 g/mol. The van der Waals surface area contributed by atoms with E-state index in [4.69, 9.17) is 4.74 Å². The van der Waals surface area contributed by atoms with Crippen LogP contribution in [0.1, 0.15) is 57.6 Å². The zero-order valence-electron chi connectivity index (χ0n) is 13.8. The van der Waals surface area contributed by atoms with E-state index in [0.29, 0.717) is 18.1 Å². The van der Waals surface area contributed by atoms with E-state index in [1.54, 1.807) is 0 Å². The predicted molar refractivity (Wildman–Crippen MR) is 87.4 cm³/mol. The number of benzene rings is 1. The minimum Gasteiger partial charge on any atom is -0.377 e. The number of hydrogen-bond acceptors (Lipinski definition) is 2. The van der Waals surface area contributed by atoms with Gasteiger partial charge in [0.25, 0.3) is 0 Å². The van der Waals surface area contributed by atoms with Crippen LogP contribution in [-0.2, 0) is 11.2 Å². The van der Waals surface area contributed by atoms with Crippen molar-refractivity contribution in [1.29, 1.82) is 0 Å². The molecule has 2 heteroatoms. The van der Waals surface area contributed by atoms with E-state index in [1.807, 2.05) is 7.05 Å². The second-order valence-corrected chi connectivity index (χ2v) is 5.78. The molecule has 0 aromatic heterocycles. The van der Waals surface area contributed by atoms with Gasteiger partial charge >= 0.3 is 0 Å². The van der Waals surface area contributed by atoms with Gasteiger partial charge in [-0.2, -0.15) is 0 Å². The number of hydrogen-bond donors (Lipinski definition) is 1. The lowest BCUT2D eigenvalue weighted by Gasteiger charge is -2.27. The highest BCUT2D eigenvalue weighted by Gasteiger charge is 2.19. The van der Waals surface area contributed by atoms with Crippen molar-refractivity contribution in [3.05, 3.63) is 35.4 Å². The normalized spacial score (nSPS) is 14.5. The summed E-state index contributed by atoms with van der Waals surface area (Å²) in [4.78, 5) is 0. The van der Waals surface area contributed by atoms with Crippen LogP contribution in [-0.4, -0.2) is 25.8 Å². The van der Waals surface area contributed by atoms with Gasteiger partial charge in [-0.05, 0) is 43.9 Å². The Bertz CT molecular complexity index is 352. The Morgan fingerprint density at radius 2 is 1.75 bits per heavy atom. The van der Waals surface area contributed by atoms with Crippen molar-refractivity contribution in [3.63, 3.8) is 0 Å². The molecule has 0 saturated carbocycles. The summed E-state index contributed by atoms with van der Waals surface area (Å²) in [5, 5.41) is 3.43. The molecule has 0 saturated heterocycles. The standard InChI is InChI=1S/C18H31NO/c1-6-8-18(20-7-2)17(19-5)13-15-9-11-16(12-10-15)14(3)4/h9-12,14,17-19H,6-8,13H2,1-5H3. The third-order valence-corrected chi connectivity index (χ3v) is 3.88. The van der Waals surface area contributed by atoms with E-state index < -0.39 is 0 Å². The highest BCUT2D eigenvalue weighted by atomic mass is 16.5. The van der Waals surface area contributed by atoms with Crippen LogP contribution in [0, 0.1) is 0 Å². The third-order valence-electron chi connectivity index (χ3n) is 3.88. The molecule has 20 heavy (non-hydrogen) atoms. The zero-order chi connectivity index (χ0) is 15.0. The second-order valence-electron chi connectivity index (χ2n) is 5.78. The smallest absolute Gasteiger partial charge is 0.0730 e. The minimum atomic E-state index is 0.305. The second kappa shape index (κ2) is 9.15. The molecule has 2 atom stereocenters. The first-order chi connectivity index (χ1) is 9.62. The number of rotatable bonds is 9. The molecule has 0 amide bonds. The molecule has 0 heterocycles. The minimum absolute atomic E-state index is 0.305. The van der Waals surface area contributed by atoms with Crippen molar-refractivity contribution in [2.45, 2.75) is 65.0 Å². The number of nitrogens with one attached hydrogen (secondary N) is 1. The van der Waals surface area contributed by atoms with Crippen molar-refractivity contribution in [3.8, 4) is 0 Å². The maximum absolute atomic E-state index is 5.91. The number of ether oxygens (including phenoxy) is 1. The Kier molecular flexibility index (Phi) is 7.86. The van der Waals surface area contributed by atoms with Gasteiger partial charge < -0.3 is 10.1 Å². The van der Waals surface area contributed by atoms with Crippen LogP contribution >= 0.6 is 0 Å². The first-order valence-corrected chi connectivity index (χ1v) is 8.00. The Balaban J connectivity index is 2.70. The van der Waals surface area contributed by atoms with Crippen molar-refractivity contribution in [2.24, 2.45) is 0 Å². The SMILES string of the molecule is CCCC(OCC)C(Cc1ccc(C(C)C)cc1)NC. The fourth-order valence-electron chi connectivity index (χ4n) is 2.61. The molecule has 2 nitrogen and oxygen atoms in total. The van der Waals surface area contributed by atoms with Crippen LogP contribution in [0.5, 0.6) is 0 Å². The van der Waals surface area contributed by atoms with Crippen LogP contribution in [0.4, 0.5) is 0 Å². The molecule has 0 radical (unpaired) electrons. The lowest BCUT2D eigenvalue weighted by atomic mass is 9.96. The summed E-state index contributed by atoms with van der Waals surface area (Å²) < 4.78 is 5.91. The summed E-state index contributed by atoms with van der Waals surface area (Å²) in [6.07, 6.45) is 3.61. The summed E-state index contributed by atoms with van der Waals surface area (Å²) in [6.45, 7) is 9.55. The highest BCUT2D eigenvalue weighted by Crippen LogP contribution is 2.17. The molecule has 0 bridgehead atoms. The summed E-state index contributed by atoms with van der Waals surface area (Å²) in [7, 11) is 2.04. The summed E-state index contributed by atoms with van der Waals surface area (Å²) >= 11 is 0. The molecule has 114 valence electrons. The van der Waals surface area contributed by atoms with Gasteiger partial charge in [0.1, 0.15) is 0 Å². The van der Waals surface area contributed by atoms with Gasteiger partial charge in [-0.3, -0.25) is 0 Å². The average molecular weight is 277 g/mol. The van der Waals surface area contributed by atoms with Crippen molar-refractivity contribution in [2.75, 3.05) is 13.7 Å². The van der Waals surface area contributed by atoms with Crippen LogP contribution in [0.15, 0.2) is 24.3 Å². The zero-order valence-corrected chi connectivity index (χ0v) is 13.8. The Morgan fingerprint density at radius 1 is 1.10 bits per heavy atom. The average Bonchev–Trinajstić information content (AvgIpc) is 2.45. The van der Waals surface area contributed by atoms with Gasteiger partial charge in [0.05, 0.1) is 6.10 Å².